The molecule has 0 unspecified atom stereocenters. The Morgan fingerprint density at radius 3 is 2.53 bits per heavy atom. The molecule has 0 atom stereocenters. The summed E-state index contributed by atoms with van der Waals surface area (Å²) >= 11 is 0. The second-order valence-electron chi connectivity index (χ2n) is 4.75. The first kappa shape index (κ1) is 13.1. The standard InChI is InChI=1S/C13H17N5O/c14-7-9-1-6-12(16-8-9)17-10-2-4-11(5-3-10)18-13(15)19/h1,6,8,10-11H,2-5H2,(H,16,17)(H3,15,18,19). The smallest absolute Gasteiger partial charge is 0.312 e. The Morgan fingerprint density at radius 1 is 1.32 bits per heavy atom. The van der Waals surface area contributed by atoms with Gasteiger partial charge in [0.2, 0.25) is 0 Å². The summed E-state index contributed by atoms with van der Waals surface area (Å²) in [7, 11) is 0. The summed E-state index contributed by atoms with van der Waals surface area (Å²) in [6, 6.07) is 5.68. The number of hydrogen-bond acceptors (Lipinski definition) is 4. The molecule has 6 heteroatoms. The van der Waals surface area contributed by atoms with E-state index in [-0.39, 0.29) is 6.04 Å². The maximum Gasteiger partial charge on any atom is 0.312 e. The number of carbonyl (C=O) groups is 1. The molecule has 4 N–H and O–H groups in total. The molecule has 1 heterocycles. The van der Waals surface area contributed by atoms with E-state index in [0.717, 1.165) is 31.5 Å². The highest BCUT2D eigenvalue weighted by Gasteiger charge is 2.21. The molecule has 1 aromatic heterocycles. The molecule has 2 amide bonds. The fraction of sp³-hybridized carbons (Fsp3) is 0.462. The van der Waals surface area contributed by atoms with Gasteiger partial charge in [0.15, 0.2) is 0 Å². The lowest BCUT2D eigenvalue weighted by atomic mass is 9.91. The van der Waals surface area contributed by atoms with Gasteiger partial charge >= 0.3 is 6.03 Å². The summed E-state index contributed by atoms with van der Waals surface area (Å²) in [6.45, 7) is 0. The SMILES string of the molecule is N#Cc1ccc(NC2CCC(NC(N)=O)CC2)nc1. The number of nitriles is 1. The Bertz CT molecular complexity index is 471. The van der Waals surface area contributed by atoms with Crippen molar-refractivity contribution in [3.63, 3.8) is 0 Å². The van der Waals surface area contributed by atoms with Gasteiger partial charge < -0.3 is 16.4 Å². The first-order valence-corrected chi connectivity index (χ1v) is 6.36. The fourth-order valence-corrected chi connectivity index (χ4v) is 2.34. The third-order valence-electron chi connectivity index (χ3n) is 3.32. The van der Waals surface area contributed by atoms with E-state index >= 15 is 0 Å². The third kappa shape index (κ3) is 3.85. The molecule has 0 radical (unpaired) electrons. The average molecular weight is 259 g/mol. The van der Waals surface area contributed by atoms with Crippen molar-refractivity contribution in [2.24, 2.45) is 5.73 Å². The molecule has 100 valence electrons. The van der Waals surface area contributed by atoms with Crippen LogP contribution in [-0.2, 0) is 0 Å². The number of nitrogens with one attached hydrogen (secondary N) is 2. The molecular formula is C13H17N5O. The molecular weight excluding hydrogens is 242 g/mol. The van der Waals surface area contributed by atoms with Crippen molar-refractivity contribution in [1.82, 2.24) is 10.3 Å². The topological polar surface area (TPSA) is 104 Å². The number of anilines is 1. The highest BCUT2D eigenvalue weighted by atomic mass is 16.2. The molecule has 0 spiro atoms. The summed E-state index contributed by atoms with van der Waals surface area (Å²) in [5.41, 5.74) is 5.66. The predicted octanol–water partition coefficient (Wildman–Crippen LogP) is 1.34. The van der Waals surface area contributed by atoms with Crippen LogP contribution in [0.25, 0.3) is 0 Å². The molecule has 2 rings (SSSR count). The van der Waals surface area contributed by atoms with Crippen molar-refractivity contribution in [1.29, 1.82) is 5.26 Å². The maximum absolute atomic E-state index is 10.8. The Labute approximate surface area is 112 Å². The van der Waals surface area contributed by atoms with Crippen LogP contribution in [0, 0.1) is 11.3 Å². The predicted molar refractivity (Wildman–Crippen MR) is 71.3 cm³/mol. The van der Waals surface area contributed by atoms with Gasteiger partial charge in [-0.1, -0.05) is 0 Å². The van der Waals surface area contributed by atoms with Crippen LogP contribution >= 0.6 is 0 Å². The molecule has 6 nitrogen and oxygen atoms in total. The monoisotopic (exact) mass is 259 g/mol. The van der Waals surface area contributed by atoms with Gasteiger partial charge in [0.05, 0.1) is 5.56 Å². The number of nitrogens with two attached hydrogens (primary N) is 1. The Hall–Kier alpha value is -2.29. The number of pyridine rings is 1. The molecule has 1 aromatic rings. The maximum atomic E-state index is 10.8. The van der Waals surface area contributed by atoms with Crippen molar-refractivity contribution in [3.8, 4) is 6.07 Å². The van der Waals surface area contributed by atoms with Crippen molar-refractivity contribution < 1.29 is 4.79 Å². The van der Waals surface area contributed by atoms with E-state index in [1.807, 2.05) is 12.1 Å². The number of urea groups is 1. The molecule has 1 aliphatic carbocycles. The largest absolute Gasteiger partial charge is 0.367 e. The lowest BCUT2D eigenvalue weighted by Gasteiger charge is -2.29. The Morgan fingerprint density at radius 2 is 2.00 bits per heavy atom. The summed E-state index contributed by atoms with van der Waals surface area (Å²) < 4.78 is 0. The van der Waals surface area contributed by atoms with Crippen molar-refractivity contribution in [3.05, 3.63) is 23.9 Å². The first-order chi connectivity index (χ1) is 9.17. The minimum Gasteiger partial charge on any atom is -0.367 e. The lowest BCUT2D eigenvalue weighted by molar-refractivity contribution is 0.240. The van der Waals surface area contributed by atoms with E-state index in [2.05, 4.69) is 15.6 Å². The van der Waals surface area contributed by atoms with Gasteiger partial charge in [0, 0.05) is 18.3 Å². The molecule has 19 heavy (non-hydrogen) atoms. The van der Waals surface area contributed by atoms with Crippen LogP contribution in [0.4, 0.5) is 10.6 Å². The van der Waals surface area contributed by atoms with E-state index in [1.54, 1.807) is 12.3 Å². The fourth-order valence-electron chi connectivity index (χ4n) is 2.34. The zero-order valence-corrected chi connectivity index (χ0v) is 10.6. The number of aromatic nitrogens is 1. The zero-order valence-electron chi connectivity index (χ0n) is 10.6. The number of hydrogen-bond donors (Lipinski definition) is 3. The van der Waals surface area contributed by atoms with Gasteiger partial charge in [0.1, 0.15) is 11.9 Å². The molecule has 0 aromatic carbocycles. The summed E-state index contributed by atoms with van der Waals surface area (Å²) in [4.78, 5) is 14.9. The van der Waals surface area contributed by atoms with E-state index < -0.39 is 6.03 Å². The van der Waals surface area contributed by atoms with Crippen LogP contribution in [-0.4, -0.2) is 23.1 Å². The van der Waals surface area contributed by atoms with Crippen LogP contribution in [0.3, 0.4) is 0 Å². The molecule has 1 saturated carbocycles. The van der Waals surface area contributed by atoms with Crippen LogP contribution < -0.4 is 16.4 Å². The van der Waals surface area contributed by atoms with E-state index in [0.29, 0.717) is 11.6 Å². The minimum atomic E-state index is -0.454. The van der Waals surface area contributed by atoms with Gasteiger partial charge in [0.25, 0.3) is 0 Å². The summed E-state index contributed by atoms with van der Waals surface area (Å²) in [5, 5.41) is 14.8. The number of primary amides is 1. The Kier molecular flexibility index (Phi) is 4.18. The average Bonchev–Trinajstić information content (AvgIpc) is 2.41. The zero-order chi connectivity index (χ0) is 13.7. The van der Waals surface area contributed by atoms with Crippen molar-refractivity contribution >= 4 is 11.8 Å². The summed E-state index contributed by atoms with van der Waals surface area (Å²) in [6.07, 6.45) is 5.32. The first-order valence-electron chi connectivity index (χ1n) is 6.36. The minimum absolute atomic E-state index is 0.185. The number of nitrogens with zero attached hydrogens (tertiary/aromatic N) is 2. The number of rotatable bonds is 3. The van der Waals surface area contributed by atoms with Crippen LogP contribution in [0.2, 0.25) is 0 Å². The highest BCUT2D eigenvalue weighted by molar-refractivity contribution is 5.71. The van der Waals surface area contributed by atoms with Gasteiger partial charge in [-0.25, -0.2) is 9.78 Å². The van der Waals surface area contributed by atoms with Crippen LogP contribution in [0.1, 0.15) is 31.2 Å². The van der Waals surface area contributed by atoms with E-state index in [4.69, 9.17) is 11.0 Å². The quantitative estimate of drug-likeness (QED) is 0.762. The number of carbonyl (C=O) groups excluding carboxylic acids is 1. The van der Waals surface area contributed by atoms with E-state index in [1.165, 1.54) is 0 Å². The van der Waals surface area contributed by atoms with Crippen molar-refractivity contribution in [2.45, 2.75) is 37.8 Å². The molecule has 0 saturated heterocycles. The van der Waals surface area contributed by atoms with Crippen LogP contribution in [0.5, 0.6) is 0 Å². The second kappa shape index (κ2) is 6.05. The third-order valence-corrected chi connectivity index (χ3v) is 3.32. The van der Waals surface area contributed by atoms with Gasteiger partial charge in [-0.15, -0.1) is 0 Å². The Balaban J connectivity index is 1.82. The highest BCUT2D eigenvalue weighted by Crippen LogP contribution is 2.21. The summed E-state index contributed by atoms with van der Waals surface area (Å²) in [5.74, 6) is 0.783. The molecule has 1 aliphatic rings. The molecule has 0 aliphatic heterocycles. The molecule has 0 bridgehead atoms. The number of amides is 2. The second-order valence-corrected chi connectivity index (χ2v) is 4.75. The van der Waals surface area contributed by atoms with Gasteiger partial charge in [-0.2, -0.15) is 5.26 Å². The van der Waals surface area contributed by atoms with Gasteiger partial charge in [-0.05, 0) is 37.8 Å². The normalized spacial score (nSPS) is 22.3. The van der Waals surface area contributed by atoms with Crippen LogP contribution in [0.15, 0.2) is 18.3 Å². The van der Waals surface area contributed by atoms with Gasteiger partial charge in [-0.3, -0.25) is 0 Å². The van der Waals surface area contributed by atoms with E-state index in [9.17, 15) is 4.79 Å². The van der Waals surface area contributed by atoms with Crippen molar-refractivity contribution in [2.75, 3.05) is 5.32 Å². The lowest BCUT2D eigenvalue weighted by Crippen LogP contribution is -2.42. The molecule has 1 fully saturated rings.